The van der Waals surface area contributed by atoms with E-state index in [-0.39, 0.29) is 17.1 Å². The maximum atomic E-state index is 12.0. The van der Waals surface area contributed by atoms with E-state index in [4.69, 9.17) is 19.9 Å². The van der Waals surface area contributed by atoms with E-state index in [2.05, 4.69) is 15.0 Å². The maximum absolute atomic E-state index is 12.0. The van der Waals surface area contributed by atoms with Gasteiger partial charge in [-0.3, -0.25) is 14.3 Å². The van der Waals surface area contributed by atoms with Crippen molar-refractivity contribution in [3.05, 3.63) is 16.7 Å². The first-order valence-electron chi connectivity index (χ1n) is 8.80. The van der Waals surface area contributed by atoms with E-state index in [1.807, 2.05) is 0 Å². The quantitative estimate of drug-likeness (QED) is 0.247. The highest BCUT2D eigenvalue weighted by Gasteiger charge is 2.51. The fourth-order valence-corrected chi connectivity index (χ4v) is 3.50. The molecule has 160 valence electrons. The number of aliphatic hydroxyl groups is 5. The Labute approximate surface area is 162 Å². The molecule has 4 rings (SSSR count). The van der Waals surface area contributed by atoms with E-state index in [1.165, 1.54) is 10.9 Å². The molecule has 0 amide bonds. The first-order chi connectivity index (χ1) is 13.8. The van der Waals surface area contributed by atoms with Crippen LogP contribution < -0.4 is 11.3 Å². The summed E-state index contributed by atoms with van der Waals surface area (Å²) in [7, 11) is 0. The number of aliphatic hydroxyl groups excluding tert-OH is 5. The van der Waals surface area contributed by atoms with Crippen LogP contribution in [0, 0.1) is 0 Å². The lowest BCUT2D eigenvalue weighted by atomic mass is 10.1. The Morgan fingerprint density at radius 2 is 1.83 bits per heavy atom. The van der Waals surface area contributed by atoms with Gasteiger partial charge in [-0.15, -0.1) is 0 Å². The maximum Gasteiger partial charge on any atom is 0.280 e. The standard InChI is InChI=1S/C15H21N5O9/c16-15-18-11-6(12(26)19-15)17-3-20(11)13-10(8(24)5(2-22)27-13)29-14-9(25)7(23)4(1-21)28-14/h3-5,7-10,13-14,21-25H,1-2H2,(H3,16,18,19,26)/t4-,5-,7-,8?,9-,10?,13-,14?/m1/s1. The van der Waals surface area contributed by atoms with Crippen molar-refractivity contribution in [2.24, 2.45) is 0 Å². The number of fused-ring (bicyclic) bond motifs is 1. The predicted octanol–water partition coefficient (Wildman–Crippen LogP) is -4.22. The molecule has 14 nitrogen and oxygen atoms in total. The molecule has 2 saturated heterocycles. The molecular formula is C15H21N5O9. The minimum absolute atomic E-state index is 0.0311. The summed E-state index contributed by atoms with van der Waals surface area (Å²) in [4.78, 5) is 22.3. The Kier molecular flexibility index (Phi) is 5.26. The zero-order valence-electron chi connectivity index (χ0n) is 14.9. The van der Waals surface area contributed by atoms with E-state index in [0.717, 1.165) is 0 Å². The Hall–Kier alpha value is -2.17. The summed E-state index contributed by atoms with van der Waals surface area (Å²) >= 11 is 0. The summed E-state index contributed by atoms with van der Waals surface area (Å²) in [6.07, 6.45) is -8.87. The number of hydrogen-bond acceptors (Lipinski definition) is 12. The van der Waals surface area contributed by atoms with Crippen molar-refractivity contribution in [1.29, 1.82) is 0 Å². The highest BCUT2D eigenvalue weighted by Crippen LogP contribution is 2.36. The van der Waals surface area contributed by atoms with Gasteiger partial charge in [0.2, 0.25) is 5.95 Å². The van der Waals surface area contributed by atoms with Crippen LogP contribution in [-0.4, -0.2) is 101 Å². The number of imidazole rings is 1. The molecule has 3 unspecified atom stereocenters. The van der Waals surface area contributed by atoms with Crippen LogP contribution in [0.2, 0.25) is 0 Å². The monoisotopic (exact) mass is 415 g/mol. The van der Waals surface area contributed by atoms with Crippen LogP contribution in [0.1, 0.15) is 6.23 Å². The van der Waals surface area contributed by atoms with Gasteiger partial charge in [0.15, 0.2) is 23.7 Å². The van der Waals surface area contributed by atoms with Gasteiger partial charge >= 0.3 is 0 Å². The van der Waals surface area contributed by atoms with Gasteiger partial charge < -0.3 is 45.5 Å². The van der Waals surface area contributed by atoms with E-state index >= 15 is 0 Å². The molecule has 29 heavy (non-hydrogen) atoms. The van der Waals surface area contributed by atoms with Crippen molar-refractivity contribution in [3.8, 4) is 0 Å². The second kappa shape index (κ2) is 7.58. The van der Waals surface area contributed by atoms with E-state index < -0.39 is 67.9 Å². The van der Waals surface area contributed by atoms with Crippen LogP contribution >= 0.6 is 0 Å². The van der Waals surface area contributed by atoms with Crippen LogP contribution in [0.25, 0.3) is 11.2 Å². The Bertz CT molecular complexity index is 935. The lowest BCUT2D eigenvalue weighted by molar-refractivity contribution is -0.219. The van der Waals surface area contributed by atoms with Crippen LogP contribution in [0.4, 0.5) is 5.95 Å². The van der Waals surface area contributed by atoms with Crippen molar-refractivity contribution >= 4 is 17.1 Å². The zero-order chi connectivity index (χ0) is 20.9. The number of aromatic nitrogens is 4. The molecule has 2 aromatic rings. The number of nitrogen functional groups attached to an aromatic ring is 1. The normalized spacial score (nSPS) is 37.6. The first-order valence-corrected chi connectivity index (χ1v) is 8.80. The van der Waals surface area contributed by atoms with Crippen LogP contribution in [0.15, 0.2) is 11.1 Å². The number of hydrogen-bond donors (Lipinski definition) is 7. The van der Waals surface area contributed by atoms with Gasteiger partial charge in [-0.05, 0) is 0 Å². The van der Waals surface area contributed by atoms with Gasteiger partial charge in [-0.25, -0.2) is 4.98 Å². The van der Waals surface area contributed by atoms with Crippen molar-refractivity contribution in [3.63, 3.8) is 0 Å². The molecule has 2 aromatic heterocycles. The van der Waals surface area contributed by atoms with Gasteiger partial charge in [0, 0.05) is 0 Å². The Morgan fingerprint density at radius 3 is 2.48 bits per heavy atom. The summed E-state index contributed by atoms with van der Waals surface area (Å²) in [5, 5.41) is 49.2. The van der Waals surface area contributed by atoms with E-state index in [0.29, 0.717) is 0 Å². The van der Waals surface area contributed by atoms with Gasteiger partial charge in [0.25, 0.3) is 5.56 Å². The molecule has 0 spiro atoms. The average molecular weight is 415 g/mol. The SMILES string of the molecule is Nc1nc2c(ncn2[C@@H]2O[C@H](CO)C(O)C2OC2O[C@H](CO)[C@@H](O)[C@H]2O)c(=O)[nH]1. The van der Waals surface area contributed by atoms with Gasteiger partial charge in [-0.1, -0.05) is 0 Å². The molecule has 8 N–H and O–H groups in total. The number of nitrogens with one attached hydrogen (secondary N) is 1. The number of H-pyrrole nitrogens is 1. The van der Waals surface area contributed by atoms with Crippen molar-refractivity contribution in [2.75, 3.05) is 18.9 Å². The molecule has 8 atom stereocenters. The largest absolute Gasteiger partial charge is 0.394 e. The lowest BCUT2D eigenvalue weighted by Crippen LogP contribution is -2.42. The highest BCUT2D eigenvalue weighted by atomic mass is 16.7. The zero-order valence-corrected chi connectivity index (χ0v) is 14.9. The smallest absolute Gasteiger partial charge is 0.280 e. The third-order valence-corrected chi connectivity index (χ3v) is 5.01. The van der Waals surface area contributed by atoms with Crippen molar-refractivity contribution < 1.29 is 39.7 Å². The molecule has 2 aliphatic heterocycles. The highest BCUT2D eigenvalue weighted by molar-refractivity contribution is 5.70. The summed E-state index contributed by atoms with van der Waals surface area (Å²) in [5.74, 6) is -0.164. The summed E-state index contributed by atoms with van der Waals surface area (Å²) < 4.78 is 17.9. The number of ether oxygens (including phenoxy) is 3. The molecule has 2 aliphatic rings. The molecule has 0 aliphatic carbocycles. The van der Waals surface area contributed by atoms with Crippen LogP contribution in [0.5, 0.6) is 0 Å². The molecule has 0 aromatic carbocycles. The third-order valence-electron chi connectivity index (χ3n) is 5.01. The Morgan fingerprint density at radius 1 is 1.14 bits per heavy atom. The summed E-state index contributed by atoms with van der Waals surface area (Å²) in [6, 6.07) is 0. The summed E-state index contributed by atoms with van der Waals surface area (Å²) in [6.45, 7) is -1.10. The summed E-state index contributed by atoms with van der Waals surface area (Å²) in [5.41, 5.74) is 5.03. The number of nitrogens with two attached hydrogens (primary N) is 1. The van der Waals surface area contributed by atoms with Crippen molar-refractivity contribution in [2.45, 2.75) is 49.1 Å². The third kappa shape index (κ3) is 3.28. The fourth-order valence-electron chi connectivity index (χ4n) is 3.50. The number of rotatable bonds is 5. The fraction of sp³-hybridized carbons (Fsp3) is 0.667. The van der Waals surface area contributed by atoms with Gasteiger partial charge in [0.05, 0.1) is 19.5 Å². The lowest BCUT2D eigenvalue weighted by Gasteiger charge is -2.26. The van der Waals surface area contributed by atoms with E-state index in [9.17, 15) is 30.3 Å². The van der Waals surface area contributed by atoms with Crippen molar-refractivity contribution in [1.82, 2.24) is 19.5 Å². The Balaban J connectivity index is 1.68. The second-order valence-electron chi connectivity index (χ2n) is 6.82. The molecule has 0 bridgehead atoms. The van der Waals surface area contributed by atoms with Gasteiger partial charge in [0.1, 0.15) is 36.6 Å². The van der Waals surface area contributed by atoms with Crippen LogP contribution in [-0.2, 0) is 14.2 Å². The minimum atomic E-state index is -1.50. The number of aromatic amines is 1. The van der Waals surface area contributed by atoms with E-state index in [1.54, 1.807) is 0 Å². The predicted molar refractivity (Wildman–Crippen MR) is 92.2 cm³/mol. The first kappa shape index (κ1) is 20.1. The molecule has 0 saturated carbocycles. The molecule has 2 fully saturated rings. The minimum Gasteiger partial charge on any atom is -0.394 e. The molecule has 14 heteroatoms. The number of anilines is 1. The average Bonchev–Trinajstić information content (AvgIpc) is 3.32. The number of nitrogens with zero attached hydrogens (tertiary/aromatic N) is 3. The molecule has 0 radical (unpaired) electrons. The van der Waals surface area contributed by atoms with Gasteiger partial charge in [-0.2, -0.15) is 4.98 Å². The topological polar surface area (TPSA) is 218 Å². The molecule has 4 heterocycles. The second-order valence-corrected chi connectivity index (χ2v) is 6.82. The molecular weight excluding hydrogens is 394 g/mol. The van der Waals surface area contributed by atoms with Crippen LogP contribution in [0.3, 0.4) is 0 Å².